The zero-order valence-electron chi connectivity index (χ0n) is 11.8. The molecule has 108 valence electrons. The number of hydrogen-bond donors (Lipinski definition) is 0. The highest BCUT2D eigenvalue weighted by Gasteiger charge is 2.17. The smallest absolute Gasteiger partial charge is 0.160 e. The van der Waals surface area contributed by atoms with Crippen LogP contribution in [0.5, 0.6) is 0 Å². The summed E-state index contributed by atoms with van der Waals surface area (Å²) in [7, 11) is 0. The van der Waals surface area contributed by atoms with Crippen LogP contribution in [0.4, 0.5) is 0 Å². The molecule has 5 heteroatoms. The summed E-state index contributed by atoms with van der Waals surface area (Å²) in [5.41, 5.74) is 3.98. The molecule has 0 aliphatic heterocycles. The van der Waals surface area contributed by atoms with Crippen LogP contribution in [-0.2, 0) is 5.88 Å². The van der Waals surface area contributed by atoms with E-state index >= 15 is 0 Å². The van der Waals surface area contributed by atoms with Crippen LogP contribution >= 0.6 is 23.2 Å². The fraction of sp³-hybridized carbons (Fsp3) is 0.250. The first kappa shape index (κ1) is 14.4. The molecule has 0 amide bonds. The lowest BCUT2D eigenvalue weighted by molar-refractivity contribution is 0.629. The summed E-state index contributed by atoms with van der Waals surface area (Å²) >= 11 is 12.0. The molecular formula is C16H15Cl2N3. The molecule has 3 rings (SSSR count). The summed E-state index contributed by atoms with van der Waals surface area (Å²) in [6.45, 7) is 4.12. The molecule has 0 aliphatic rings. The molecule has 1 unspecified atom stereocenters. The van der Waals surface area contributed by atoms with Crippen molar-refractivity contribution in [2.75, 3.05) is 0 Å². The number of benzene rings is 1. The Morgan fingerprint density at radius 3 is 2.62 bits per heavy atom. The van der Waals surface area contributed by atoms with Crippen molar-refractivity contribution >= 4 is 34.4 Å². The topological polar surface area (TPSA) is 30.7 Å². The Morgan fingerprint density at radius 2 is 1.95 bits per heavy atom. The number of fused-ring (bicyclic) bond motifs is 1. The van der Waals surface area contributed by atoms with E-state index < -0.39 is 0 Å². The van der Waals surface area contributed by atoms with Crippen LogP contribution in [0, 0.1) is 6.92 Å². The van der Waals surface area contributed by atoms with E-state index in [0.29, 0.717) is 5.88 Å². The van der Waals surface area contributed by atoms with Gasteiger partial charge in [-0.1, -0.05) is 23.7 Å². The largest absolute Gasteiger partial charge is 0.304 e. The second-order valence-corrected chi connectivity index (χ2v) is 5.82. The van der Waals surface area contributed by atoms with Gasteiger partial charge in [0.15, 0.2) is 5.65 Å². The van der Waals surface area contributed by atoms with Gasteiger partial charge in [0.1, 0.15) is 11.3 Å². The van der Waals surface area contributed by atoms with Crippen LogP contribution < -0.4 is 0 Å². The van der Waals surface area contributed by atoms with E-state index in [1.165, 1.54) is 0 Å². The average Bonchev–Trinajstić information content (AvgIpc) is 2.84. The molecule has 0 bridgehead atoms. The van der Waals surface area contributed by atoms with Gasteiger partial charge in [-0.2, -0.15) is 0 Å². The lowest BCUT2D eigenvalue weighted by Crippen LogP contribution is -2.10. The minimum atomic E-state index is 0.0937. The molecule has 0 fully saturated rings. The van der Waals surface area contributed by atoms with Gasteiger partial charge in [-0.05, 0) is 43.2 Å². The van der Waals surface area contributed by atoms with E-state index in [0.717, 1.165) is 33.1 Å². The maximum Gasteiger partial charge on any atom is 0.160 e. The van der Waals surface area contributed by atoms with Crippen molar-refractivity contribution in [2.45, 2.75) is 25.8 Å². The van der Waals surface area contributed by atoms with E-state index in [1.54, 1.807) is 0 Å². The van der Waals surface area contributed by atoms with Crippen molar-refractivity contribution in [1.82, 2.24) is 14.5 Å². The predicted molar refractivity (Wildman–Crippen MR) is 87.1 cm³/mol. The highest BCUT2D eigenvalue weighted by atomic mass is 35.5. The number of rotatable bonds is 3. The van der Waals surface area contributed by atoms with Gasteiger partial charge < -0.3 is 4.57 Å². The van der Waals surface area contributed by atoms with Gasteiger partial charge in [-0.25, -0.2) is 9.97 Å². The number of hydrogen-bond acceptors (Lipinski definition) is 2. The van der Waals surface area contributed by atoms with Crippen LogP contribution in [0.15, 0.2) is 36.5 Å². The molecule has 3 aromatic rings. The Morgan fingerprint density at radius 1 is 1.24 bits per heavy atom. The first-order valence-electron chi connectivity index (χ1n) is 6.75. The highest BCUT2D eigenvalue weighted by Crippen LogP contribution is 2.27. The first-order valence-corrected chi connectivity index (χ1v) is 7.66. The Labute approximate surface area is 133 Å². The number of aryl methyl sites for hydroxylation is 1. The van der Waals surface area contributed by atoms with Crippen molar-refractivity contribution < 1.29 is 0 Å². The third kappa shape index (κ3) is 2.63. The minimum absolute atomic E-state index is 0.0937. The molecule has 2 aromatic heterocycles. The summed E-state index contributed by atoms with van der Waals surface area (Å²) < 4.78 is 2.09. The summed E-state index contributed by atoms with van der Waals surface area (Å²) in [4.78, 5) is 9.13. The Kier molecular flexibility index (Phi) is 3.87. The molecule has 0 saturated heterocycles. The predicted octanol–water partition coefficient (Wildman–Crippen LogP) is 4.74. The van der Waals surface area contributed by atoms with Crippen molar-refractivity contribution in [1.29, 1.82) is 0 Å². The van der Waals surface area contributed by atoms with Crippen molar-refractivity contribution in [2.24, 2.45) is 0 Å². The second-order valence-electron chi connectivity index (χ2n) is 5.11. The normalized spacial score (nSPS) is 12.8. The number of halogens is 2. The first-order chi connectivity index (χ1) is 10.1. The minimum Gasteiger partial charge on any atom is -0.304 e. The van der Waals surface area contributed by atoms with Crippen molar-refractivity contribution in [3.63, 3.8) is 0 Å². The van der Waals surface area contributed by atoms with Crippen molar-refractivity contribution in [3.05, 3.63) is 58.5 Å². The van der Waals surface area contributed by atoms with Gasteiger partial charge in [0.2, 0.25) is 0 Å². The van der Waals surface area contributed by atoms with Crippen LogP contribution in [0.2, 0.25) is 5.02 Å². The van der Waals surface area contributed by atoms with E-state index in [9.17, 15) is 0 Å². The third-order valence-electron chi connectivity index (χ3n) is 3.60. The van der Waals surface area contributed by atoms with E-state index in [1.807, 2.05) is 43.5 Å². The number of imidazole rings is 1. The molecule has 0 N–H and O–H groups in total. The Balaban J connectivity index is 2.16. The molecule has 0 aliphatic carbocycles. The number of pyridine rings is 1. The zero-order valence-corrected chi connectivity index (χ0v) is 13.4. The monoisotopic (exact) mass is 319 g/mol. The highest BCUT2D eigenvalue weighted by molar-refractivity contribution is 6.30. The third-order valence-corrected chi connectivity index (χ3v) is 4.09. The van der Waals surface area contributed by atoms with Crippen LogP contribution in [0.3, 0.4) is 0 Å². The second kappa shape index (κ2) is 5.66. The van der Waals surface area contributed by atoms with E-state index in [-0.39, 0.29) is 6.04 Å². The standard InChI is InChI=1S/C16H15Cl2N3/c1-10-7-14-16(19-9-10)21(15(8-17)20-14)11(2)12-3-5-13(18)6-4-12/h3-7,9,11H,8H2,1-2H3. The Bertz CT molecular complexity index is 778. The van der Waals surface area contributed by atoms with Crippen LogP contribution in [-0.4, -0.2) is 14.5 Å². The molecule has 1 aromatic carbocycles. The molecular weight excluding hydrogens is 305 g/mol. The number of aromatic nitrogens is 3. The maximum atomic E-state index is 6.07. The molecule has 0 saturated carbocycles. The molecule has 1 atom stereocenters. The van der Waals surface area contributed by atoms with Gasteiger partial charge in [0.25, 0.3) is 0 Å². The van der Waals surface area contributed by atoms with Crippen molar-refractivity contribution in [3.8, 4) is 0 Å². The quantitative estimate of drug-likeness (QED) is 0.653. The molecule has 2 heterocycles. The Hall–Kier alpha value is -1.58. The zero-order chi connectivity index (χ0) is 15.0. The molecule has 0 spiro atoms. The summed E-state index contributed by atoms with van der Waals surface area (Å²) in [6.07, 6.45) is 1.85. The summed E-state index contributed by atoms with van der Waals surface area (Å²) in [5, 5.41) is 0.729. The van der Waals surface area contributed by atoms with E-state index in [2.05, 4.69) is 21.5 Å². The van der Waals surface area contributed by atoms with Gasteiger partial charge in [-0.3, -0.25) is 0 Å². The summed E-state index contributed by atoms with van der Waals surface area (Å²) in [5.74, 6) is 1.18. The van der Waals surface area contributed by atoms with Gasteiger partial charge >= 0.3 is 0 Å². The summed E-state index contributed by atoms with van der Waals surface area (Å²) in [6, 6.07) is 9.95. The maximum absolute atomic E-state index is 6.07. The lowest BCUT2D eigenvalue weighted by Gasteiger charge is -2.17. The molecule has 0 radical (unpaired) electrons. The van der Waals surface area contributed by atoms with E-state index in [4.69, 9.17) is 23.2 Å². The SMILES string of the molecule is Cc1cnc2c(c1)nc(CCl)n2C(C)c1ccc(Cl)cc1. The number of nitrogens with zero attached hydrogens (tertiary/aromatic N) is 3. The molecule has 21 heavy (non-hydrogen) atoms. The van der Waals surface area contributed by atoms with Gasteiger partial charge in [0, 0.05) is 11.2 Å². The molecule has 3 nitrogen and oxygen atoms in total. The van der Waals surface area contributed by atoms with Gasteiger partial charge in [-0.15, -0.1) is 11.6 Å². The van der Waals surface area contributed by atoms with Gasteiger partial charge in [0.05, 0.1) is 11.9 Å². The number of alkyl halides is 1. The lowest BCUT2D eigenvalue weighted by atomic mass is 10.1. The van der Waals surface area contributed by atoms with Crippen LogP contribution in [0.25, 0.3) is 11.2 Å². The average molecular weight is 320 g/mol. The fourth-order valence-corrected chi connectivity index (χ4v) is 2.84. The fourth-order valence-electron chi connectivity index (χ4n) is 2.52. The van der Waals surface area contributed by atoms with Crippen LogP contribution in [0.1, 0.15) is 29.9 Å².